The fourth-order valence-electron chi connectivity index (χ4n) is 0.582. The maximum atomic E-state index is 6.58. The van der Waals surface area contributed by atoms with E-state index in [0.717, 1.165) is 0 Å². The maximum Gasteiger partial charge on any atom is 1.00 e. The van der Waals surface area contributed by atoms with Crippen molar-refractivity contribution in [2.45, 2.75) is 6.92 Å². The van der Waals surface area contributed by atoms with Gasteiger partial charge in [0.2, 0.25) is 0 Å². The van der Waals surface area contributed by atoms with Gasteiger partial charge in [0.25, 0.3) is 0 Å². The van der Waals surface area contributed by atoms with Crippen LogP contribution in [0.25, 0.3) is 9.69 Å². The van der Waals surface area contributed by atoms with E-state index in [4.69, 9.17) is 13.1 Å². The Kier molecular flexibility index (Phi) is 3.41. The fraction of sp³-hybridized carbons (Fsp3) is 0.167. The van der Waals surface area contributed by atoms with E-state index in [2.05, 4.69) is 19.7 Å². The molecule has 0 aromatic carbocycles. The van der Waals surface area contributed by atoms with Crippen LogP contribution in [-0.4, -0.2) is 4.98 Å². The molecule has 0 atom stereocenters. The van der Waals surface area contributed by atoms with Crippen LogP contribution in [0.2, 0.25) is 0 Å². The molecule has 0 N–H and O–H groups in total. The van der Waals surface area contributed by atoms with Crippen LogP contribution in [0.5, 0.6) is 0 Å². The summed E-state index contributed by atoms with van der Waals surface area (Å²) in [5, 5.41) is 0. The Morgan fingerprint density at radius 3 is 2.36 bits per heavy atom. The molecule has 1 rings (SSSR count). The summed E-state index contributed by atoms with van der Waals surface area (Å²) < 4.78 is 0. The standard InChI is InChI=1S/C6H3N4.Li/c1-4-9-5(7-2)6(8-3)10-4;/h1H3;/q-1;+1. The van der Waals surface area contributed by atoms with E-state index in [-0.39, 0.29) is 30.5 Å². The first kappa shape index (κ1) is 9.79. The predicted octanol–water partition coefficient (Wildman–Crippen LogP) is -1.55. The molecule has 1 aromatic rings. The average molecular weight is 138 g/mol. The van der Waals surface area contributed by atoms with Crippen molar-refractivity contribution in [3.05, 3.63) is 28.7 Å². The van der Waals surface area contributed by atoms with Gasteiger partial charge in [-0.2, -0.15) is 0 Å². The molecule has 0 saturated carbocycles. The smallest absolute Gasteiger partial charge is 0.562 e. The normalized spacial score (nSPS) is 7.55. The zero-order valence-electron chi connectivity index (χ0n) is 6.29. The molecule has 11 heavy (non-hydrogen) atoms. The van der Waals surface area contributed by atoms with E-state index in [0.29, 0.717) is 5.82 Å². The molecule has 0 radical (unpaired) electrons. The Morgan fingerprint density at radius 2 is 2.00 bits per heavy atom. The fourth-order valence-corrected chi connectivity index (χ4v) is 0.582. The Morgan fingerprint density at radius 1 is 1.36 bits per heavy atom. The first-order chi connectivity index (χ1) is 4.77. The van der Waals surface area contributed by atoms with Crippen molar-refractivity contribution in [2.24, 2.45) is 0 Å². The molecule has 0 aliphatic carbocycles. The summed E-state index contributed by atoms with van der Waals surface area (Å²) >= 11 is 0. The van der Waals surface area contributed by atoms with Crippen molar-refractivity contribution in [1.29, 1.82) is 0 Å². The zero-order chi connectivity index (χ0) is 7.56. The molecule has 0 bridgehead atoms. The first-order valence-electron chi connectivity index (χ1n) is 2.54. The first-order valence-corrected chi connectivity index (χ1v) is 2.54. The van der Waals surface area contributed by atoms with Gasteiger partial charge in [0.05, 0.1) is 5.82 Å². The van der Waals surface area contributed by atoms with Crippen molar-refractivity contribution in [1.82, 2.24) is 9.97 Å². The van der Waals surface area contributed by atoms with E-state index < -0.39 is 0 Å². The van der Waals surface area contributed by atoms with Gasteiger partial charge >= 0.3 is 18.9 Å². The minimum atomic E-state index is 0. The summed E-state index contributed by atoms with van der Waals surface area (Å²) in [6.07, 6.45) is 0. The predicted molar refractivity (Wildman–Crippen MR) is 34.8 cm³/mol. The van der Waals surface area contributed by atoms with Crippen molar-refractivity contribution in [3.8, 4) is 0 Å². The number of aromatic nitrogens is 2. The number of aryl methyl sites for hydroxylation is 1. The Balaban J connectivity index is 0.000001000. The minimum absolute atomic E-state index is 0. The molecular weight excluding hydrogens is 135 g/mol. The van der Waals surface area contributed by atoms with Gasteiger partial charge in [0, 0.05) is 5.82 Å². The second kappa shape index (κ2) is 3.84. The van der Waals surface area contributed by atoms with Crippen LogP contribution in [-0.2, 0) is 0 Å². The average Bonchev–Trinajstić information content (AvgIpc) is 2.30. The van der Waals surface area contributed by atoms with Crippen LogP contribution in [0.3, 0.4) is 0 Å². The molecule has 48 valence electrons. The SMILES string of the molecule is [C-]#[N+]c1nc(C)[n-]c1[N+]#[C-].[Li+]. The van der Waals surface area contributed by atoms with E-state index in [1.54, 1.807) is 6.92 Å². The molecule has 4 nitrogen and oxygen atoms in total. The molecule has 0 amide bonds. The minimum Gasteiger partial charge on any atom is -0.562 e. The second-order valence-electron chi connectivity index (χ2n) is 1.64. The summed E-state index contributed by atoms with van der Waals surface area (Å²) in [4.78, 5) is 13.5. The Bertz CT molecular complexity index is 296. The third-order valence-corrected chi connectivity index (χ3v) is 0.947. The van der Waals surface area contributed by atoms with Gasteiger partial charge in [-0.05, 0) is 6.92 Å². The van der Waals surface area contributed by atoms with E-state index >= 15 is 0 Å². The largest absolute Gasteiger partial charge is 1.00 e. The zero-order valence-corrected chi connectivity index (χ0v) is 6.29. The van der Waals surface area contributed by atoms with E-state index in [1.165, 1.54) is 0 Å². The van der Waals surface area contributed by atoms with Crippen LogP contribution in [0.4, 0.5) is 11.6 Å². The molecular formula is C6H3LiN4. The van der Waals surface area contributed by atoms with Crippen LogP contribution >= 0.6 is 0 Å². The van der Waals surface area contributed by atoms with Crippen molar-refractivity contribution in [3.63, 3.8) is 0 Å². The van der Waals surface area contributed by atoms with Crippen LogP contribution in [0, 0.1) is 20.1 Å². The summed E-state index contributed by atoms with van der Waals surface area (Å²) in [6, 6.07) is 0. The maximum absolute atomic E-state index is 6.58. The number of hydrogen-bond donors (Lipinski definition) is 0. The number of hydrogen-bond acceptors (Lipinski definition) is 1. The van der Waals surface area contributed by atoms with E-state index in [1.807, 2.05) is 0 Å². The number of rotatable bonds is 0. The van der Waals surface area contributed by atoms with Gasteiger partial charge < -0.3 is 14.7 Å². The Hall–Kier alpha value is -1.21. The Labute approximate surface area is 76.5 Å². The van der Waals surface area contributed by atoms with Crippen molar-refractivity contribution in [2.75, 3.05) is 0 Å². The van der Waals surface area contributed by atoms with Crippen LogP contribution in [0.15, 0.2) is 0 Å². The van der Waals surface area contributed by atoms with Gasteiger partial charge in [0.15, 0.2) is 0 Å². The molecule has 0 aliphatic rings. The van der Waals surface area contributed by atoms with Gasteiger partial charge in [-0.15, -0.1) is 0 Å². The molecule has 0 spiro atoms. The summed E-state index contributed by atoms with van der Waals surface area (Å²) in [5.41, 5.74) is 0. The summed E-state index contributed by atoms with van der Waals surface area (Å²) in [7, 11) is 0. The van der Waals surface area contributed by atoms with Gasteiger partial charge in [-0.1, -0.05) is 6.57 Å². The molecule has 0 saturated heterocycles. The molecule has 0 fully saturated rings. The number of nitrogens with zero attached hydrogens (tertiary/aromatic N) is 4. The van der Waals surface area contributed by atoms with Gasteiger partial charge in [-0.3, -0.25) is 4.98 Å². The second-order valence-corrected chi connectivity index (χ2v) is 1.64. The third-order valence-electron chi connectivity index (χ3n) is 0.947. The molecule has 0 unspecified atom stereocenters. The van der Waals surface area contributed by atoms with Crippen LogP contribution in [0.1, 0.15) is 5.82 Å². The topological polar surface area (TPSA) is 35.7 Å². The third kappa shape index (κ3) is 1.85. The van der Waals surface area contributed by atoms with Crippen LogP contribution < -0.4 is 23.8 Å². The quantitative estimate of drug-likeness (QED) is 0.321. The van der Waals surface area contributed by atoms with Crippen molar-refractivity contribution >= 4 is 11.6 Å². The van der Waals surface area contributed by atoms with Crippen molar-refractivity contribution < 1.29 is 18.9 Å². The summed E-state index contributed by atoms with van der Waals surface area (Å²) in [6.45, 7) is 14.8. The molecule has 1 aromatic heterocycles. The monoisotopic (exact) mass is 138 g/mol. The molecule has 1 heterocycles. The molecule has 5 heteroatoms. The van der Waals surface area contributed by atoms with Gasteiger partial charge in [-0.25, -0.2) is 6.57 Å². The molecule has 0 aliphatic heterocycles. The number of imidazole rings is 1. The summed E-state index contributed by atoms with van der Waals surface area (Å²) in [5.74, 6) is 0.692. The van der Waals surface area contributed by atoms with Gasteiger partial charge in [0.1, 0.15) is 5.82 Å². The van der Waals surface area contributed by atoms with E-state index in [9.17, 15) is 0 Å².